The Labute approximate surface area is 191 Å². The lowest BCUT2D eigenvalue weighted by Gasteiger charge is -2.09. The van der Waals surface area contributed by atoms with Crippen LogP contribution in [0.15, 0.2) is 48.5 Å². The van der Waals surface area contributed by atoms with E-state index < -0.39 is 42.5 Å². The van der Waals surface area contributed by atoms with Crippen LogP contribution in [0, 0.1) is 0 Å². The van der Waals surface area contributed by atoms with Gasteiger partial charge in [-0.25, -0.2) is 14.4 Å². The van der Waals surface area contributed by atoms with Crippen LogP contribution in [0.1, 0.15) is 26.3 Å². The molecule has 0 fully saturated rings. The molecular formula is C22H18F3NO8. The molecule has 2 rings (SSSR count). The third-order valence-electron chi connectivity index (χ3n) is 3.93. The summed E-state index contributed by atoms with van der Waals surface area (Å²) in [4.78, 5) is 47.5. The number of alkyl halides is 3. The Morgan fingerprint density at radius 1 is 0.912 bits per heavy atom. The largest absolute Gasteiger partial charge is 0.573 e. The van der Waals surface area contributed by atoms with E-state index in [1.807, 2.05) is 0 Å². The van der Waals surface area contributed by atoms with Gasteiger partial charge in [0.15, 0.2) is 6.61 Å². The molecule has 0 spiro atoms. The van der Waals surface area contributed by atoms with Crippen LogP contribution in [-0.4, -0.2) is 51.0 Å². The van der Waals surface area contributed by atoms with Crippen molar-refractivity contribution in [2.45, 2.75) is 6.36 Å². The van der Waals surface area contributed by atoms with Gasteiger partial charge in [-0.3, -0.25) is 4.79 Å². The standard InChI is InChI=1S/C22H18F3NO8/c1-31-20(29)14-9-15(21(30)32-2)11-16(10-14)26-18(27)12-33-19(28)8-5-13-3-6-17(7-4-13)34-22(23,24)25/h3-11H,12H2,1-2H3,(H,26,27)/b8-5+. The molecule has 0 aliphatic carbocycles. The van der Waals surface area contributed by atoms with Crippen molar-refractivity contribution in [1.29, 1.82) is 0 Å². The number of halogens is 3. The Bertz CT molecular complexity index is 1060. The van der Waals surface area contributed by atoms with Gasteiger partial charge in [-0.1, -0.05) is 12.1 Å². The molecule has 2 aromatic rings. The van der Waals surface area contributed by atoms with Gasteiger partial charge < -0.3 is 24.3 Å². The van der Waals surface area contributed by atoms with Crippen molar-refractivity contribution in [2.75, 3.05) is 26.1 Å². The molecular weight excluding hydrogens is 463 g/mol. The molecule has 0 atom stereocenters. The number of esters is 3. The predicted molar refractivity (Wildman–Crippen MR) is 111 cm³/mol. The Morgan fingerprint density at radius 2 is 1.47 bits per heavy atom. The summed E-state index contributed by atoms with van der Waals surface area (Å²) in [5.41, 5.74) is 0.395. The van der Waals surface area contributed by atoms with Gasteiger partial charge in [0.05, 0.1) is 25.3 Å². The molecule has 0 aliphatic rings. The topological polar surface area (TPSA) is 117 Å². The first-order chi connectivity index (χ1) is 16.0. The molecule has 12 heteroatoms. The first-order valence-corrected chi connectivity index (χ1v) is 9.33. The number of carbonyl (C=O) groups excluding carboxylic acids is 4. The highest BCUT2D eigenvalue weighted by atomic mass is 19.4. The minimum atomic E-state index is -4.82. The lowest BCUT2D eigenvalue weighted by Crippen LogP contribution is -2.20. The fourth-order valence-electron chi connectivity index (χ4n) is 2.50. The smallest absolute Gasteiger partial charge is 0.465 e. The molecule has 0 aromatic heterocycles. The molecule has 0 radical (unpaired) electrons. The average Bonchev–Trinajstić information content (AvgIpc) is 2.80. The first-order valence-electron chi connectivity index (χ1n) is 9.33. The summed E-state index contributed by atoms with van der Waals surface area (Å²) in [6.45, 7) is -0.697. The van der Waals surface area contributed by atoms with E-state index in [0.717, 1.165) is 32.4 Å². The highest BCUT2D eigenvalue weighted by Gasteiger charge is 2.30. The monoisotopic (exact) mass is 481 g/mol. The molecule has 34 heavy (non-hydrogen) atoms. The maximum atomic E-state index is 12.2. The highest BCUT2D eigenvalue weighted by Crippen LogP contribution is 2.23. The fourth-order valence-corrected chi connectivity index (χ4v) is 2.50. The molecule has 0 unspecified atom stereocenters. The van der Waals surface area contributed by atoms with Crippen LogP contribution in [0.5, 0.6) is 5.75 Å². The molecule has 1 N–H and O–H groups in total. The number of nitrogens with one attached hydrogen (secondary N) is 1. The maximum absolute atomic E-state index is 12.2. The number of hydrogen-bond acceptors (Lipinski definition) is 8. The van der Waals surface area contributed by atoms with Crippen LogP contribution < -0.4 is 10.1 Å². The van der Waals surface area contributed by atoms with Gasteiger partial charge in [-0.15, -0.1) is 13.2 Å². The third-order valence-corrected chi connectivity index (χ3v) is 3.93. The van der Waals surface area contributed by atoms with Gasteiger partial charge in [0, 0.05) is 11.8 Å². The van der Waals surface area contributed by atoms with Crippen molar-refractivity contribution in [3.63, 3.8) is 0 Å². The molecule has 0 saturated heterocycles. The lowest BCUT2D eigenvalue weighted by atomic mass is 10.1. The van der Waals surface area contributed by atoms with Crippen molar-refractivity contribution in [1.82, 2.24) is 0 Å². The number of amides is 1. The van der Waals surface area contributed by atoms with E-state index in [4.69, 9.17) is 4.74 Å². The quantitative estimate of drug-likeness (QED) is 0.347. The van der Waals surface area contributed by atoms with Gasteiger partial charge in [0.2, 0.25) is 0 Å². The van der Waals surface area contributed by atoms with E-state index in [2.05, 4.69) is 19.5 Å². The van der Waals surface area contributed by atoms with Crippen molar-refractivity contribution in [3.8, 4) is 5.75 Å². The molecule has 9 nitrogen and oxygen atoms in total. The fraction of sp³-hybridized carbons (Fsp3) is 0.182. The van der Waals surface area contributed by atoms with Crippen molar-refractivity contribution in [2.24, 2.45) is 0 Å². The second-order valence-corrected chi connectivity index (χ2v) is 6.39. The molecule has 180 valence electrons. The van der Waals surface area contributed by atoms with Crippen molar-refractivity contribution < 1.29 is 51.3 Å². The summed E-state index contributed by atoms with van der Waals surface area (Å²) >= 11 is 0. The number of hydrogen-bond donors (Lipinski definition) is 1. The minimum Gasteiger partial charge on any atom is -0.465 e. The lowest BCUT2D eigenvalue weighted by molar-refractivity contribution is -0.274. The SMILES string of the molecule is COC(=O)c1cc(NC(=O)COC(=O)/C=C/c2ccc(OC(F)(F)F)cc2)cc(C(=O)OC)c1. The van der Waals surface area contributed by atoms with E-state index in [0.29, 0.717) is 5.56 Å². The second-order valence-electron chi connectivity index (χ2n) is 6.39. The summed E-state index contributed by atoms with van der Waals surface area (Å²) in [5, 5.41) is 2.37. The summed E-state index contributed by atoms with van der Waals surface area (Å²) in [6, 6.07) is 8.43. The van der Waals surface area contributed by atoms with Gasteiger partial charge in [-0.05, 0) is 42.0 Å². The summed E-state index contributed by atoms with van der Waals surface area (Å²) in [6.07, 6.45) is -2.58. The number of benzene rings is 2. The zero-order chi connectivity index (χ0) is 25.3. The van der Waals surface area contributed by atoms with Crippen molar-refractivity contribution in [3.05, 3.63) is 65.2 Å². The van der Waals surface area contributed by atoms with Crippen LogP contribution in [0.4, 0.5) is 18.9 Å². The average molecular weight is 481 g/mol. The Morgan fingerprint density at radius 3 is 1.97 bits per heavy atom. The summed E-state index contributed by atoms with van der Waals surface area (Å²) < 4.78 is 54.2. The number of methoxy groups -OCH3 is 2. The minimum absolute atomic E-state index is 0.0210. The molecule has 2 aromatic carbocycles. The normalized spacial score (nSPS) is 11.0. The van der Waals surface area contributed by atoms with Crippen LogP contribution in [-0.2, 0) is 23.8 Å². The van der Waals surface area contributed by atoms with Gasteiger partial charge >= 0.3 is 24.3 Å². The predicted octanol–water partition coefficient (Wildman–Crippen LogP) is 3.35. The van der Waals surface area contributed by atoms with Gasteiger partial charge in [0.1, 0.15) is 5.75 Å². The highest BCUT2D eigenvalue weighted by molar-refractivity contribution is 6.00. The Balaban J connectivity index is 1.95. The second kappa shape index (κ2) is 11.5. The molecule has 1 amide bonds. The van der Waals surface area contributed by atoms with Crippen molar-refractivity contribution >= 4 is 35.6 Å². The van der Waals surface area contributed by atoms with E-state index >= 15 is 0 Å². The van der Waals surface area contributed by atoms with Gasteiger partial charge in [0.25, 0.3) is 5.91 Å². The van der Waals surface area contributed by atoms with E-state index in [1.54, 1.807) is 0 Å². The zero-order valence-electron chi connectivity index (χ0n) is 17.8. The number of anilines is 1. The molecule has 0 heterocycles. The zero-order valence-corrected chi connectivity index (χ0v) is 17.8. The van der Waals surface area contributed by atoms with Crippen LogP contribution in [0.25, 0.3) is 6.08 Å². The molecule has 0 saturated carbocycles. The van der Waals surface area contributed by atoms with Crippen LogP contribution in [0.2, 0.25) is 0 Å². The van der Waals surface area contributed by atoms with Gasteiger partial charge in [-0.2, -0.15) is 0 Å². The first kappa shape index (κ1) is 25.9. The molecule has 0 bridgehead atoms. The number of rotatable bonds is 8. The summed E-state index contributed by atoms with van der Waals surface area (Å²) in [5.74, 6) is -3.60. The van der Waals surface area contributed by atoms with E-state index in [9.17, 15) is 32.3 Å². The van der Waals surface area contributed by atoms with Crippen LogP contribution in [0.3, 0.4) is 0 Å². The number of carbonyl (C=O) groups is 4. The maximum Gasteiger partial charge on any atom is 0.573 e. The van der Waals surface area contributed by atoms with E-state index in [-0.39, 0.29) is 16.8 Å². The Hall–Kier alpha value is -4.35. The third kappa shape index (κ3) is 8.30. The van der Waals surface area contributed by atoms with E-state index in [1.165, 1.54) is 36.4 Å². The number of ether oxygens (including phenoxy) is 4. The molecule has 0 aliphatic heterocycles. The van der Waals surface area contributed by atoms with Crippen LogP contribution >= 0.6 is 0 Å². The summed E-state index contributed by atoms with van der Waals surface area (Å²) in [7, 11) is 2.28. The Kier molecular flexibility index (Phi) is 8.76.